The number of rotatable bonds is 5. The van der Waals surface area contributed by atoms with Gasteiger partial charge >= 0.3 is 0 Å². The van der Waals surface area contributed by atoms with Gasteiger partial charge in [-0.1, -0.05) is 18.2 Å². The van der Waals surface area contributed by atoms with E-state index in [4.69, 9.17) is 4.74 Å². The van der Waals surface area contributed by atoms with Crippen LogP contribution in [0.5, 0.6) is 5.75 Å². The molecule has 2 fully saturated rings. The minimum atomic E-state index is -2.79. The number of ether oxygens (including phenoxy) is 1. The van der Waals surface area contributed by atoms with Crippen LogP contribution < -0.4 is 15.4 Å². The van der Waals surface area contributed by atoms with Gasteiger partial charge in [0.2, 0.25) is 5.91 Å². The lowest BCUT2D eigenvalue weighted by molar-refractivity contribution is -0.123. The molecule has 4 nitrogen and oxygen atoms in total. The fourth-order valence-corrected chi connectivity index (χ4v) is 3.06. The lowest BCUT2D eigenvalue weighted by Crippen LogP contribution is -2.43. The Balaban J connectivity index is 1.63. The van der Waals surface area contributed by atoms with Crippen LogP contribution in [0.1, 0.15) is 24.8 Å². The number of alkyl halides is 2. The van der Waals surface area contributed by atoms with E-state index < -0.39 is 24.9 Å². The van der Waals surface area contributed by atoms with Crippen LogP contribution in [0.25, 0.3) is 0 Å². The molecule has 1 amide bonds. The number of hydrogen-bond donors (Lipinski definition) is 2. The molecule has 0 aromatic heterocycles. The zero-order chi connectivity index (χ0) is 15.8. The van der Waals surface area contributed by atoms with Gasteiger partial charge in [0.1, 0.15) is 5.75 Å². The predicted octanol–water partition coefficient (Wildman–Crippen LogP) is 1.84. The second-order valence-corrected chi connectivity index (χ2v) is 6.19. The molecule has 22 heavy (non-hydrogen) atoms. The van der Waals surface area contributed by atoms with Crippen LogP contribution in [-0.2, 0) is 10.2 Å². The average Bonchev–Trinajstić information content (AvgIpc) is 3.21. The number of hydrogen-bond acceptors (Lipinski definition) is 3. The molecule has 0 bridgehead atoms. The van der Waals surface area contributed by atoms with Crippen molar-refractivity contribution in [1.29, 1.82) is 0 Å². The van der Waals surface area contributed by atoms with Gasteiger partial charge in [-0.2, -0.15) is 0 Å². The maximum atomic E-state index is 13.1. The topological polar surface area (TPSA) is 50.4 Å². The number of carbonyl (C=O) groups excluding carboxylic acids is 1. The molecule has 1 saturated heterocycles. The van der Waals surface area contributed by atoms with E-state index in [9.17, 15) is 13.6 Å². The molecular formula is C16H20F2N2O2. The van der Waals surface area contributed by atoms with Crippen molar-refractivity contribution in [3.63, 3.8) is 0 Å². The average molecular weight is 310 g/mol. The Morgan fingerprint density at radius 1 is 1.41 bits per heavy atom. The van der Waals surface area contributed by atoms with Crippen molar-refractivity contribution in [2.45, 2.75) is 36.6 Å². The van der Waals surface area contributed by atoms with Crippen molar-refractivity contribution in [2.75, 3.05) is 20.2 Å². The molecule has 120 valence electrons. The van der Waals surface area contributed by atoms with Crippen LogP contribution in [-0.4, -0.2) is 38.1 Å². The van der Waals surface area contributed by atoms with E-state index >= 15 is 0 Å². The molecule has 1 aliphatic heterocycles. The van der Waals surface area contributed by atoms with Gasteiger partial charge in [0.05, 0.1) is 19.7 Å². The first-order valence-electron chi connectivity index (χ1n) is 7.48. The number of para-hydroxylation sites is 1. The van der Waals surface area contributed by atoms with Crippen LogP contribution in [0.3, 0.4) is 0 Å². The summed E-state index contributed by atoms with van der Waals surface area (Å²) in [6, 6.07) is 6.94. The molecule has 1 saturated carbocycles. The Kier molecular flexibility index (Phi) is 3.80. The third kappa shape index (κ3) is 2.92. The highest BCUT2D eigenvalue weighted by molar-refractivity contribution is 5.82. The van der Waals surface area contributed by atoms with Crippen molar-refractivity contribution in [2.24, 2.45) is 0 Å². The summed E-state index contributed by atoms with van der Waals surface area (Å²) in [5.41, 5.74) is 0.950. The first-order chi connectivity index (χ1) is 10.5. The molecule has 0 radical (unpaired) electrons. The van der Waals surface area contributed by atoms with Crippen LogP contribution in [0.4, 0.5) is 8.78 Å². The van der Waals surface area contributed by atoms with Crippen molar-refractivity contribution in [1.82, 2.24) is 10.6 Å². The highest BCUT2D eigenvalue weighted by atomic mass is 19.3. The molecule has 1 heterocycles. The molecule has 1 aromatic carbocycles. The molecule has 6 heteroatoms. The Labute approximate surface area is 128 Å². The Hall–Kier alpha value is -1.69. The van der Waals surface area contributed by atoms with Crippen LogP contribution in [0, 0.1) is 0 Å². The lowest BCUT2D eigenvalue weighted by Gasteiger charge is -2.20. The van der Waals surface area contributed by atoms with E-state index in [0.29, 0.717) is 6.54 Å². The Morgan fingerprint density at radius 3 is 2.73 bits per heavy atom. The molecule has 1 unspecified atom stereocenters. The number of amides is 1. The number of nitrogens with one attached hydrogen (secondary N) is 2. The maximum Gasteiger partial charge on any atom is 0.262 e. The highest BCUT2D eigenvalue weighted by Crippen LogP contribution is 2.50. The summed E-state index contributed by atoms with van der Waals surface area (Å²) in [5, 5.41) is 5.40. The first-order valence-corrected chi connectivity index (χ1v) is 7.48. The minimum absolute atomic E-state index is 0.122. The Bertz CT molecular complexity index is 573. The van der Waals surface area contributed by atoms with Gasteiger partial charge in [0, 0.05) is 23.9 Å². The fraction of sp³-hybridized carbons (Fsp3) is 0.562. The SMILES string of the molecule is COc1ccccc1C1(CNC(=O)C2CC(F)(F)CN2)CC1. The van der Waals surface area contributed by atoms with Crippen LogP contribution in [0.15, 0.2) is 24.3 Å². The highest BCUT2D eigenvalue weighted by Gasteiger charge is 2.47. The first kappa shape index (κ1) is 15.2. The van der Waals surface area contributed by atoms with E-state index in [1.54, 1.807) is 7.11 Å². The van der Waals surface area contributed by atoms with E-state index in [1.165, 1.54) is 0 Å². The Morgan fingerprint density at radius 2 is 2.14 bits per heavy atom. The van der Waals surface area contributed by atoms with Crippen molar-refractivity contribution in [3.8, 4) is 5.75 Å². The third-order valence-electron chi connectivity index (χ3n) is 4.56. The molecule has 2 N–H and O–H groups in total. The van der Waals surface area contributed by atoms with E-state index in [2.05, 4.69) is 10.6 Å². The van der Waals surface area contributed by atoms with Crippen molar-refractivity contribution in [3.05, 3.63) is 29.8 Å². The van der Waals surface area contributed by atoms with Gasteiger partial charge < -0.3 is 10.1 Å². The van der Waals surface area contributed by atoms with E-state index in [0.717, 1.165) is 24.2 Å². The van der Waals surface area contributed by atoms with Gasteiger partial charge in [-0.3, -0.25) is 10.1 Å². The van der Waals surface area contributed by atoms with Gasteiger partial charge in [-0.15, -0.1) is 0 Å². The summed E-state index contributed by atoms with van der Waals surface area (Å²) < 4.78 is 31.7. The molecule has 0 spiro atoms. The second kappa shape index (κ2) is 5.50. The smallest absolute Gasteiger partial charge is 0.262 e. The standard InChI is InChI=1S/C16H20F2N2O2/c1-22-13-5-3-2-4-11(13)15(6-7-15)9-20-14(21)12-8-16(17,18)10-19-12/h2-5,12,19H,6-10H2,1H3,(H,20,21). The largest absolute Gasteiger partial charge is 0.496 e. The summed E-state index contributed by atoms with van der Waals surface area (Å²) in [7, 11) is 1.62. The van der Waals surface area contributed by atoms with Gasteiger partial charge in [0.25, 0.3) is 5.92 Å². The van der Waals surface area contributed by atoms with Gasteiger partial charge in [0.15, 0.2) is 0 Å². The number of carbonyl (C=O) groups is 1. The monoisotopic (exact) mass is 310 g/mol. The number of methoxy groups -OCH3 is 1. The summed E-state index contributed by atoms with van der Waals surface area (Å²) in [4.78, 5) is 12.1. The predicted molar refractivity (Wildman–Crippen MR) is 78.3 cm³/mol. The second-order valence-electron chi connectivity index (χ2n) is 6.19. The van der Waals surface area contributed by atoms with E-state index in [1.807, 2.05) is 24.3 Å². The summed E-state index contributed by atoms with van der Waals surface area (Å²) in [6.07, 6.45) is 1.49. The quantitative estimate of drug-likeness (QED) is 0.872. The number of halogens is 2. The third-order valence-corrected chi connectivity index (χ3v) is 4.56. The summed E-state index contributed by atoms with van der Waals surface area (Å²) in [5.74, 6) is -2.33. The van der Waals surface area contributed by atoms with E-state index in [-0.39, 0.29) is 11.3 Å². The minimum Gasteiger partial charge on any atom is -0.496 e. The molecular weight excluding hydrogens is 290 g/mol. The molecule has 1 atom stereocenters. The van der Waals surface area contributed by atoms with Crippen LogP contribution >= 0.6 is 0 Å². The lowest BCUT2D eigenvalue weighted by atomic mass is 9.94. The molecule has 1 aromatic rings. The number of benzene rings is 1. The fourth-order valence-electron chi connectivity index (χ4n) is 3.06. The summed E-state index contributed by atoms with van der Waals surface area (Å²) >= 11 is 0. The summed E-state index contributed by atoms with van der Waals surface area (Å²) in [6.45, 7) is 0.0265. The van der Waals surface area contributed by atoms with Gasteiger partial charge in [-0.25, -0.2) is 8.78 Å². The van der Waals surface area contributed by atoms with Gasteiger partial charge in [-0.05, 0) is 18.9 Å². The van der Waals surface area contributed by atoms with Crippen LogP contribution in [0.2, 0.25) is 0 Å². The molecule has 2 aliphatic rings. The normalized spacial score (nSPS) is 24.8. The maximum absolute atomic E-state index is 13.1. The molecule has 3 rings (SSSR count). The zero-order valence-electron chi connectivity index (χ0n) is 12.5. The zero-order valence-corrected chi connectivity index (χ0v) is 12.5. The molecule has 1 aliphatic carbocycles. The van der Waals surface area contributed by atoms with Crippen molar-refractivity contribution < 1.29 is 18.3 Å². The van der Waals surface area contributed by atoms with Crippen molar-refractivity contribution >= 4 is 5.91 Å².